The van der Waals surface area contributed by atoms with Gasteiger partial charge in [0.25, 0.3) is 11.4 Å². The fraction of sp³-hybridized carbons (Fsp3) is 0.143. The third-order valence-corrected chi connectivity index (χ3v) is 1.69. The van der Waals surface area contributed by atoms with E-state index >= 15 is 0 Å². The van der Waals surface area contributed by atoms with Crippen molar-refractivity contribution < 1.29 is 23.0 Å². The Morgan fingerprint density at radius 1 is 1.06 bits per heavy atom. The van der Waals surface area contributed by atoms with Crippen molar-refractivity contribution in [2.24, 2.45) is 0 Å². The first-order chi connectivity index (χ1) is 7.23. The van der Waals surface area contributed by atoms with Crippen LogP contribution in [0, 0.1) is 20.2 Å². The summed E-state index contributed by atoms with van der Waals surface area (Å²) in [6.07, 6.45) is -4.92. The van der Waals surface area contributed by atoms with Gasteiger partial charge in [-0.15, -0.1) is 0 Å². The van der Waals surface area contributed by atoms with E-state index in [-0.39, 0.29) is 6.07 Å². The normalized spacial score (nSPS) is 11.2. The maximum absolute atomic E-state index is 12.3. The van der Waals surface area contributed by atoms with Crippen molar-refractivity contribution in [1.82, 2.24) is 0 Å². The van der Waals surface area contributed by atoms with E-state index in [1.807, 2.05) is 0 Å². The summed E-state index contributed by atoms with van der Waals surface area (Å²) in [5.41, 5.74) is -3.61. The van der Waals surface area contributed by atoms with Crippen molar-refractivity contribution in [3.8, 4) is 0 Å². The average Bonchev–Trinajstić information content (AvgIpc) is 2.15. The number of rotatable bonds is 2. The summed E-state index contributed by atoms with van der Waals surface area (Å²) in [6, 6.07) is 1.16. The quantitative estimate of drug-likeness (QED) is 0.583. The second-order valence-corrected chi connectivity index (χ2v) is 2.71. The SMILES string of the molecule is O=[N+]([O-])c1ccc(C(F)(F)F)c([N+](=O)[O-])c1. The largest absolute Gasteiger partial charge is 0.423 e. The Balaban J connectivity index is 3.43. The highest BCUT2D eigenvalue weighted by Gasteiger charge is 2.39. The van der Waals surface area contributed by atoms with Gasteiger partial charge in [-0.1, -0.05) is 0 Å². The predicted octanol–water partition coefficient (Wildman–Crippen LogP) is 2.52. The molecule has 16 heavy (non-hydrogen) atoms. The zero-order valence-electron chi connectivity index (χ0n) is 7.39. The van der Waals surface area contributed by atoms with Crippen LogP contribution in [0.5, 0.6) is 0 Å². The summed E-state index contributed by atoms with van der Waals surface area (Å²) in [5.74, 6) is 0. The van der Waals surface area contributed by atoms with Gasteiger partial charge in [-0.2, -0.15) is 13.2 Å². The lowest BCUT2D eigenvalue weighted by Crippen LogP contribution is -2.09. The molecule has 9 heteroatoms. The third-order valence-electron chi connectivity index (χ3n) is 1.69. The molecule has 0 aliphatic heterocycles. The highest BCUT2D eigenvalue weighted by Crippen LogP contribution is 2.37. The first kappa shape index (κ1) is 11.9. The highest BCUT2D eigenvalue weighted by atomic mass is 19.4. The van der Waals surface area contributed by atoms with Crippen LogP contribution >= 0.6 is 0 Å². The van der Waals surface area contributed by atoms with Crippen LogP contribution in [0.25, 0.3) is 0 Å². The van der Waals surface area contributed by atoms with E-state index in [4.69, 9.17) is 0 Å². The molecule has 1 aromatic carbocycles. The van der Waals surface area contributed by atoms with Crippen LogP contribution in [-0.4, -0.2) is 9.85 Å². The van der Waals surface area contributed by atoms with Gasteiger partial charge in [0.1, 0.15) is 5.56 Å². The van der Waals surface area contributed by atoms with E-state index in [1.54, 1.807) is 0 Å². The molecule has 0 aliphatic rings. The fourth-order valence-corrected chi connectivity index (χ4v) is 1.02. The molecule has 0 aliphatic carbocycles. The molecule has 1 rings (SSSR count). The van der Waals surface area contributed by atoms with Gasteiger partial charge < -0.3 is 0 Å². The molecule has 0 fully saturated rings. The summed E-state index contributed by atoms with van der Waals surface area (Å²) in [4.78, 5) is 18.2. The Labute approximate surface area is 85.6 Å². The van der Waals surface area contributed by atoms with Crippen molar-refractivity contribution in [2.45, 2.75) is 6.18 Å². The zero-order chi connectivity index (χ0) is 12.5. The van der Waals surface area contributed by atoms with Crippen LogP contribution in [0.4, 0.5) is 24.5 Å². The predicted molar refractivity (Wildman–Crippen MR) is 44.8 cm³/mol. The first-order valence-electron chi connectivity index (χ1n) is 3.73. The first-order valence-corrected chi connectivity index (χ1v) is 3.73. The van der Waals surface area contributed by atoms with Crippen molar-refractivity contribution in [3.63, 3.8) is 0 Å². The Bertz CT molecular complexity index is 457. The van der Waals surface area contributed by atoms with Crippen LogP contribution in [-0.2, 0) is 6.18 Å². The maximum Gasteiger partial charge on any atom is 0.423 e. The molecule has 0 spiro atoms. The van der Waals surface area contributed by atoms with E-state index in [2.05, 4.69) is 0 Å². The van der Waals surface area contributed by atoms with Crippen molar-refractivity contribution in [1.29, 1.82) is 0 Å². The molecule has 0 saturated carbocycles. The summed E-state index contributed by atoms with van der Waals surface area (Å²) in [6.45, 7) is 0. The maximum atomic E-state index is 12.3. The second kappa shape index (κ2) is 3.76. The lowest BCUT2D eigenvalue weighted by molar-refractivity contribution is -0.396. The van der Waals surface area contributed by atoms with Crippen molar-refractivity contribution >= 4 is 11.4 Å². The monoisotopic (exact) mass is 236 g/mol. The molecule has 0 atom stereocenters. The molecule has 0 unspecified atom stereocenters. The van der Waals surface area contributed by atoms with Gasteiger partial charge in [0.15, 0.2) is 0 Å². The highest BCUT2D eigenvalue weighted by molar-refractivity contribution is 5.50. The van der Waals surface area contributed by atoms with Crippen LogP contribution < -0.4 is 0 Å². The number of nitro benzene ring substituents is 2. The lowest BCUT2D eigenvalue weighted by atomic mass is 10.1. The minimum absolute atomic E-state index is 0.281. The van der Waals surface area contributed by atoms with E-state index < -0.39 is 33.0 Å². The molecule has 0 aromatic heterocycles. The van der Waals surface area contributed by atoms with Crippen LogP contribution in [0.1, 0.15) is 5.56 Å². The average molecular weight is 236 g/mol. The zero-order valence-corrected chi connectivity index (χ0v) is 7.39. The molecule has 0 heterocycles. The summed E-state index contributed by atoms with van der Waals surface area (Å²) < 4.78 is 36.8. The van der Waals surface area contributed by atoms with Gasteiger partial charge in [0, 0.05) is 6.07 Å². The molecule has 86 valence electrons. The molecular weight excluding hydrogens is 233 g/mol. The Morgan fingerprint density at radius 2 is 1.62 bits per heavy atom. The van der Waals surface area contributed by atoms with Gasteiger partial charge in [0.05, 0.1) is 15.9 Å². The third kappa shape index (κ3) is 2.24. The van der Waals surface area contributed by atoms with Crippen LogP contribution in [0.3, 0.4) is 0 Å². The van der Waals surface area contributed by atoms with E-state index in [0.717, 1.165) is 0 Å². The molecule has 6 nitrogen and oxygen atoms in total. The van der Waals surface area contributed by atoms with Crippen molar-refractivity contribution in [2.75, 3.05) is 0 Å². The molecule has 0 saturated heterocycles. The van der Waals surface area contributed by atoms with Gasteiger partial charge in [0.2, 0.25) is 0 Å². The Kier molecular flexibility index (Phi) is 2.79. The van der Waals surface area contributed by atoms with Gasteiger partial charge in [-0.25, -0.2) is 0 Å². The number of benzene rings is 1. The molecule has 0 amide bonds. The summed E-state index contributed by atoms with van der Waals surface area (Å²) >= 11 is 0. The van der Waals surface area contributed by atoms with Gasteiger partial charge in [-0.3, -0.25) is 20.2 Å². The minimum atomic E-state index is -4.92. The number of nitro groups is 2. The molecule has 0 radical (unpaired) electrons. The Hall–Kier alpha value is -2.19. The van der Waals surface area contributed by atoms with Crippen LogP contribution in [0.15, 0.2) is 18.2 Å². The smallest absolute Gasteiger partial charge is 0.258 e. The number of nitrogens with zero attached hydrogens (tertiary/aromatic N) is 2. The number of alkyl halides is 3. The number of halogens is 3. The van der Waals surface area contributed by atoms with Gasteiger partial charge in [-0.05, 0) is 6.07 Å². The van der Waals surface area contributed by atoms with E-state index in [9.17, 15) is 33.4 Å². The molecular formula is C7H3F3N2O4. The topological polar surface area (TPSA) is 86.3 Å². The van der Waals surface area contributed by atoms with E-state index in [0.29, 0.717) is 12.1 Å². The summed E-state index contributed by atoms with van der Waals surface area (Å²) in [7, 11) is 0. The molecule has 0 N–H and O–H groups in total. The second-order valence-electron chi connectivity index (χ2n) is 2.71. The number of hydrogen-bond donors (Lipinski definition) is 0. The lowest BCUT2D eigenvalue weighted by Gasteiger charge is -2.06. The molecule has 1 aromatic rings. The Morgan fingerprint density at radius 3 is 2.00 bits per heavy atom. The number of non-ortho nitro benzene ring substituents is 1. The fourth-order valence-electron chi connectivity index (χ4n) is 1.02. The summed E-state index contributed by atoms with van der Waals surface area (Å²) in [5, 5.41) is 20.6. The van der Waals surface area contributed by atoms with E-state index in [1.165, 1.54) is 0 Å². The minimum Gasteiger partial charge on any atom is -0.258 e. The number of hydrogen-bond acceptors (Lipinski definition) is 4. The van der Waals surface area contributed by atoms with Crippen LogP contribution in [0.2, 0.25) is 0 Å². The standard InChI is InChI=1S/C7H3F3N2O4/c8-7(9,10)5-2-1-4(11(13)14)3-6(5)12(15)16/h1-3H. The van der Waals surface area contributed by atoms with Gasteiger partial charge >= 0.3 is 6.18 Å². The van der Waals surface area contributed by atoms with Crippen molar-refractivity contribution in [3.05, 3.63) is 44.0 Å². The molecule has 0 bridgehead atoms.